The van der Waals surface area contributed by atoms with Crippen molar-refractivity contribution in [3.63, 3.8) is 0 Å². The molecule has 0 radical (unpaired) electrons. The molecule has 164 valence electrons. The van der Waals surface area contributed by atoms with Crippen LogP contribution < -0.4 is 11.2 Å². The third-order valence-electron chi connectivity index (χ3n) is 5.09. The van der Waals surface area contributed by atoms with Crippen molar-refractivity contribution in [3.05, 3.63) is 102 Å². The molecule has 6 heteroatoms. The normalized spacial score (nSPS) is 10.5. The van der Waals surface area contributed by atoms with Crippen molar-refractivity contribution >= 4 is 6.29 Å². The Balaban J connectivity index is 1.81. The minimum Gasteiger partial charge on any atom is -0.348 e. The number of nitrogens with zero attached hydrogens (tertiary/aromatic N) is 1. The first-order valence-electron chi connectivity index (χ1n) is 10.4. The molecular formula is C26H26N2O4. The van der Waals surface area contributed by atoms with Gasteiger partial charge in [-0.1, -0.05) is 60.2 Å². The number of ether oxygens (including phenoxy) is 1. The molecule has 2 aromatic carbocycles. The Bertz CT molecular complexity index is 1270. The molecule has 32 heavy (non-hydrogen) atoms. The van der Waals surface area contributed by atoms with Crippen LogP contribution in [0.3, 0.4) is 0 Å². The van der Waals surface area contributed by atoms with Crippen LogP contribution in [0, 0.1) is 25.7 Å². The van der Waals surface area contributed by atoms with E-state index in [0.29, 0.717) is 29.7 Å². The molecule has 6 nitrogen and oxygen atoms in total. The van der Waals surface area contributed by atoms with Crippen molar-refractivity contribution in [3.8, 4) is 11.8 Å². The van der Waals surface area contributed by atoms with Crippen molar-refractivity contribution in [2.45, 2.75) is 40.3 Å². The van der Waals surface area contributed by atoms with Crippen LogP contribution in [0.5, 0.6) is 0 Å². The maximum atomic E-state index is 12.6. The minimum absolute atomic E-state index is 0.0124. The molecular weight excluding hydrogens is 404 g/mol. The van der Waals surface area contributed by atoms with Crippen LogP contribution in [-0.2, 0) is 24.3 Å². The Kier molecular flexibility index (Phi) is 7.58. The first kappa shape index (κ1) is 23.0. The molecule has 0 fully saturated rings. The Hall–Kier alpha value is -3.69. The third kappa shape index (κ3) is 5.71. The monoisotopic (exact) mass is 430 g/mol. The van der Waals surface area contributed by atoms with Gasteiger partial charge in [0.1, 0.15) is 19.6 Å². The van der Waals surface area contributed by atoms with Gasteiger partial charge >= 0.3 is 5.69 Å². The van der Waals surface area contributed by atoms with Crippen molar-refractivity contribution < 1.29 is 9.53 Å². The van der Waals surface area contributed by atoms with Gasteiger partial charge in [0.2, 0.25) is 0 Å². The summed E-state index contributed by atoms with van der Waals surface area (Å²) in [5.41, 5.74) is 5.04. The minimum atomic E-state index is -0.496. The van der Waals surface area contributed by atoms with Gasteiger partial charge in [0.25, 0.3) is 5.56 Å². The Morgan fingerprint density at radius 2 is 1.75 bits per heavy atom. The van der Waals surface area contributed by atoms with Crippen LogP contribution in [0.15, 0.2) is 52.1 Å². The SMILES string of the molecule is CCc1c(Cc2cc(C)cc(C)c2)n(COCC#Cc2ccc(C=O)cc2)c(=O)[nH]c1=O. The number of aromatic amines is 1. The molecule has 0 aliphatic carbocycles. The molecule has 1 N–H and O–H groups in total. The van der Waals surface area contributed by atoms with Crippen molar-refractivity contribution in [1.29, 1.82) is 0 Å². The van der Waals surface area contributed by atoms with Crippen LogP contribution in [0.4, 0.5) is 0 Å². The van der Waals surface area contributed by atoms with Gasteiger partial charge in [0.15, 0.2) is 0 Å². The van der Waals surface area contributed by atoms with Gasteiger partial charge in [-0.05, 0) is 38.0 Å². The highest BCUT2D eigenvalue weighted by Gasteiger charge is 2.14. The Morgan fingerprint density at radius 1 is 1.06 bits per heavy atom. The van der Waals surface area contributed by atoms with E-state index in [0.717, 1.165) is 28.5 Å². The number of rotatable bonds is 7. The molecule has 0 aliphatic rings. The second-order valence-corrected chi connectivity index (χ2v) is 7.66. The predicted octanol–water partition coefficient (Wildman–Crippen LogP) is 3.14. The van der Waals surface area contributed by atoms with E-state index in [4.69, 9.17) is 4.74 Å². The number of benzene rings is 2. The fraction of sp³-hybridized carbons (Fsp3) is 0.269. The van der Waals surface area contributed by atoms with Crippen molar-refractivity contribution in [2.24, 2.45) is 0 Å². The quantitative estimate of drug-likeness (QED) is 0.355. The average molecular weight is 431 g/mol. The van der Waals surface area contributed by atoms with Gasteiger partial charge in [-0.15, -0.1) is 0 Å². The molecule has 0 amide bonds. The fourth-order valence-corrected chi connectivity index (χ4v) is 3.70. The van der Waals surface area contributed by atoms with E-state index >= 15 is 0 Å². The van der Waals surface area contributed by atoms with Crippen LogP contribution in [0.1, 0.15) is 50.8 Å². The molecule has 0 atom stereocenters. The van der Waals surface area contributed by atoms with Gasteiger partial charge in [0, 0.05) is 28.8 Å². The number of nitrogens with one attached hydrogen (secondary N) is 1. The Labute approximate surface area is 186 Å². The Morgan fingerprint density at radius 3 is 2.38 bits per heavy atom. The number of aromatic nitrogens is 2. The number of hydrogen-bond acceptors (Lipinski definition) is 4. The standard InChI is InChI=1S/C26H26N2O4/c1-4-23-24(15-22-13-18(2)12-19(3)14-22)28(26(31)27-25(23)30)17-32-11-5-6-20-7-9-21(16-29)10-8-20/h7-10,12-14,16H,4,11,15,17H2,1-3H3,(H,27,30,31). The first-order valence-corrected chi connectivity index (χ1v) is 10.4. The van der Waals surface area contributed by atoms with Gasteiger partial charge in [-0.3, -0.25) is 19.1 Å². The van der Waals surface area contributed by atoms with E-state index in [-0.39, 0.29) is 18.9 Å². The van der Waals surface area contributed by atoms with Crippen LogP contribution in [-0.4, -0.2) is 22.4 Å². The van der Waals surface area contributed by atoms with E-state index in [9.17, 15) is 14.4 Å². The van der Waals surface area contributed by atoms with E-state index in [2.05, 4.69) is 35.0 Å². The summed E-state index contributed by atoms with van der Waals surface area (Å²) in [6, 6.07) is 13.1. The van der Waals surface area contributed by atoms with Gasteiger partial charge in [0.05, 0.1) is 0 Å². The molecule has 0 saturated carbocycles. The summed E-state index contributed by atoms with van der Waals surface area (Å²) < 4.78 is 7.11. The largest absolute Gasteiger partial charge is 0.348 e. The highest BCUT2D eigenvalue weighted by Crippen LogP contribution is 2.15. The predicted molar refractivity (Wildman–Crippen MR) is 124 cm³/mol. The number of carbonyl (C=O) groups is 1. The summed E-state index contributed by atoms with van der Waals surface area (Å²) in [4.78, 5) is 38.1. The molecule has 0 aliphatic heterocycles. The second-order valence-electron chi connectivity index (χ2n) is 7.66. The number of aryl methyl sites for hydroxylation is 2. The summed E-state index contributed by atoms with van der Waals surface area (Å²) in [5.74, 6) is 5.86. The summed E-state index contributed by atoms with van der Waals surface area (Å²) in [5, 5.41) is 0. The fourth-order valence-electron chi connectivity index (χ4n) is 3.70. The summed E-state index contributed by atoms with van der Waals surface area (Å²) >= 11 is 0. The number of hydrogen-bond donors (Lipinski definition) is 1. The number of carbonyl (C=O) groups excluding carboxylic acids is 1. The lowest BCUT2D eigenvalue weighted by Gasteiger charge is -2.16. The average Bonchev–Trinajstić information content (AvgIpc) is 2.75. The van der Waals surface area contributed by atoms with Crippen LogP contribution in [0.25, 0.3) is 0 Å². The lowest BCUT2D eigenvalue weighted by molar-refractivity contribution is 0.0980. The molecule has 0 bridgehead atoms. The maximum absolute atomic E-state index is 12.6. The lowest BCUT2D eigenvalue weighted by Crippen LogP contribution is -2.36. The van der Waals surface area contributed by atoms with Crippen LogP contribution >= 0.6 is 0 Å². The van der Waals surface area contributed by atoms with Gasteiger partial charge in [-0.25, -0.2) is 4.79 Å². The zero-order valence-corrected chi connectivity index (χ0v) is 18.5. The summed E-state index contributed by atoms with van der Waals surface area (Å²) in [6.07, 6.45) is 1.75. The van der Waals surface area contributed by atoms with Gasteiger partial charge in [-0.2, -0.15) is 0 Å². The topological polar surface area (TPSA) is 81.2 Å². The van der Waals surface area contributed by atoms with Gasteiger partial charge < -0.3 is 4.74 Å². The first-order chi connectivity index (χ1) is 15.4. The van der Waals surface area contributed by atoms with Crippen molar-refractivity contribution in [2.75, 3.05) is 6.61 Å². The van der Waals surface area contributed by atoms with E-state index in [1.165, 1.54) is 4.57 Å². The zero-order valence-electron chi connectivity index (χ0n) is 18.5. The lowest BCUT2D eigenvalue weighted by atomic mass is 10.0. The smallest absolute Gasteiger partial charge is 0.330 e. The van der Waals surface area contributed by atoms with E-state index < -0.39 is 5.69 Å². The highest BCUT2D eigenvalue weighted by atomic mass is 16.5. The highest BCUT2D eigenvalue weighted by molar-refractivity contribution is 5.74. The van der Waals surface area contributed by atoms with E-state index in [1.807, 2.05) is 20.8 Å². The molecule has 0 unspecified atom stereocenters. The van der Waals surface area contributed by atoms with Crippen molar-refractivity contribution in [1.82, 2.24) is 9.55 Å². The maximum Gasteiger partial charge on any atom is 0.330 e. The third-order valence-corrected chi connectivity index (χ3v) is 5.09. The van der Waals surface area contributed by atoms with Crippen LogP contribution in [0.2, 0.25) is 0 Å². The molecule has 1 heterocycles. The summed E-state index contributed by atoms with van der Waals surface area (Å²) in [6.45, 7) is 6.05. The molecule has 3 aromatic rings. The second kappa shape index (κ2) is 10.6. The zero-order chi connectivity index (χ0) is 23.1. The number of aldehydes is 1. The molecule has 0 saturated heterocycles. The number of H-pyrrole nitrogens is 1. The molecule has 3 rings (SSSR count). The molecule has 0 spiro atoms. The van der Waals surface area contributed by atoms with E-state index in [1.54, 1.807) is 24.3 Å². The molecule has 1 aromatic heterocycles. The summed E-state index contributed by atoms with van der Waals surface area (Å²) in [7, 11) is 0.